The fourth-order valence-electron chi connectivity index (χ4n) is 0.677. The highest BCUT2D eigenvalue weighted by molar-refractivity contribution is 5.90. The Morgan fingerprint density at radius 2 is 2.31 bits per heavy atom. The molecule has 0 heterocycles. The van der Waals surface area contributed by atoms with E-state index in [2.05, 4.69) is 12.3 Å². The quantitative estimate of drug-likeness (QED) is 0.672. The maximum atomic E-state index is 10.9. The third kappa shape index (κ3) is 5.70. The van der Waals surface area contributed by atoms with Crippen molar-refractivity contribution in [3.8, 4) is 0 Å². The van der Waals surface area contributed by atoms with Gasteiger partial charge in [-0.05, 0) is 12.5 Å². The molecule has 4 heteroatoms. The number of rotatable bonds is 3. The van der Waals surface area contributed by atoms with Crippen LogP contribution < -0.4 is 5.32 Å². The number of hydrogen-bond acceptors (Lipinski definition) is 3. The van der Waals surface area contributed by atoms with E-state index in [0.717, 1.165) is 0 Å². The van der Waals surface area contributed by atoms with E-state index in [1.54, 1.807) is 0 Å². The third-order valence-electron chi connectivity index (χ3n) is 1.24. The van der Waals surface area contributed by atoms with Crippen molar-refractivity contribution in [2.75, 3.05) is 0 Å². The Hall–Kier alpha value is -1.54. The van der Waals surface area contributed by atoms with Gasteiger partial charge in [0.25, 0.3) is 0 Å². The van der Waals surface area contributed by atoms with Gasteiger partial charge in [0.15, 0.2) is 0 Å². The van der Waals surface area contributed by atoms with Crippen molar-refractivity contribution in [3.05, 3.63) is 18.4 Å². The van der Waals surface area contributed by atoms with Gasteiger partial charge in [-0.1, -0.05) is 13.5 Å². The Kier molecular flexibility index (Phi) is 5.32. The highest BCUT2D eigenvalue weighted by Gasteiger charge is 2.09. The van der Waals surface area contributed by atoms with Crippen LogP contribution in [0, 0.1) is 0 Å². The lowest BCUT2D eigenvalue weighted by Gasteiger charge is -2.10. The summed E-state index contributed by atoms with van der Waals surface area (Å²) < 4.78 is 4.82. The molecule has 0 saturated heterocycles. The summed E-state index contributed by atoms with van der Waals surface area (Å²) in [6.07, 6.45) is 1.02. The molecule has 0 aliphatic carbocycles. The molecule has 0 rings (SSSR count). The Labute approximate surface area is 77.3 Å². The minimum Gasteiger partial charge on any atom is -0.441 e. The number of ether oxygens (including phenoxy) is 1. The van der Waals surface area contributed by atoms with Crippen LogP contribution in [0.25, 0.3) is 0 Å². The first kappa shape index (κ1) is 11.5. The van der Waals surface area contributed by atoms with Crippen molar-refractivity contribution >= 4 is 12.0 Å². The van der Waals surface area contributed by atoms with Crippen LogP contribution in [0.4, 0.5) is 4.79 Å². The van der Waals surface area contributed by atoms with Crippen LogP contribution in [0.2, 0.25) is 0 Å². The molecule has 0 aliphatic heterocycles. The second-order valence-electron chi connectivity index (χ2n) is 2.40. The Morgan fingerprint density at radius 3 is 2.69 bits per heavy atom. The molecule has 0 aromatic carbocycles. The molecular weight excluding hydrogens is 170 g/mol. The molecule has 0 fully saturated rings. The highest BCUT2D eigenvalue weighted by Crippen LogP contribution is 1.98. The largest absolute Gasteiger partial charge is 0.441 e. The van der Waals surface area contributed by atoms with Crippen LogP contribution in [0.5, 0.6) is 0 Å². The Bertz CT molecular complexity index is 241. The molecule has 0 saturated carbocycles. The van der Waals surface area contributed by atoms with Crippen molar-refractivity contribution in [2.45, 2.75) is 26.4 Å². The molecule has 0 bridgehead atoms. The van der Waals surface area contributed by atoms with E-state index in [4.69, 9.17) is 4.74 Å². The van der Waals surface area contributed by atoms with Gasteiger partial charge in [-0.15, -0.1) is 5.73 Å². The average Bonchev–Trinajstić information content (AvgIpc) is 2.02. The second-order valence-corrected chi connectivity index (χ2v) is 2.40. The third-order valence-corrected chi connectivity index (χ3v) is 1.24. The number of amides is 2. The van der Waals surface area contributed by atoms with Crippen molar-refractivity contribution in [1.82, 2.24) is 5.32 Å². The first-order valence-electron chi connectivity index (χ1n) is 3.94. The van der Waals surface area contributed by atoms with E-state index in [1.165, 1.54) is 13.0 Å². The average molecular weight is 183 g/mol. The standard InChI is InChI=1S/C9H13NO3/c1-4-6-8(5-2)13-9(12)10-7(3)11/h6,8H,1,5H2,2-3H3,(H,10,11,12). The van der Waals surface area contributed by atoms with Gasteiger partial charge in [0.05, 0.1) is 0 Å². The van der Waals surface area contributed by atoms with Crippen molar-refractivity contribution < 1.29 is 14.3 Å². The topological polar surface area (TPSA) is 55.4 Å². The molecule has 72 valence electrons. The number of carbonyl (C=O) groups is 2. The normalized spacial score (nSPS) is 10.9. The molecule has 13 heavy (non-hydrogen) atoms. The summed E-state index contributed by atoms with van der Waals surface area (Å²) in [5, 5.41) is 2.00. The first-order valence-corrected chi connectivity index (χ1v) is 3.94. The summed E-state index contributed by atoms with van der Waals surface area (Å²) in [5.41, 5.74) is 2.51. The number of alkyl carbamates (subject to hydrolysis) is 1. The van der Waals surface area contributed by atoms with E-state index in [1.807, 2.05) is 12.2 Å². The number of hydrogen-bond donors (Lipinski definition) is 1. The maximum Gasteiger partial charge on any atom is 0.414 e. The lowest BCUT2D eigenvalue weighted by atomic mass is 10.3. The van der Waals surface area contributed by atoms with Crippen LogP contribution in [0.15, 0.2) is 18.4 Å². The molecule has 1 unspecified atom stereocenters. The molecule has 2 amide bonds. The predicted molar refractivity (Wildman–Crippen MR) is 48.1 cm³/mol. The van der Waals surface area contributed by atoms with Gasteiger partial charge in [-0.2, -0.15) is 0 Å². The van der Waals surface area contributed by atoms with Gasteiger partial charge in [-0.25, -0.2) is 4.79 Å². The van der Waals surface area contributed by atoms with Crippen molar-refractivity contribution in [3.63, 3.8) is 0 Å². The Morgan fingerprint density at radius 1 is 1.69 bits per heavy atom. The smallest absolute Gasteiger partial charge is 0.414 e. The zero-order valence-electron chi connectivity index (χ0n) is 7.79. The summed E-state index contributed by atoms with van der Waals surface area (Å²) in [4.78, 5) is 21.3. The fourth-order valence-corrected chi connectivity index (χ4v) is 0.677. The van der Waals surface area contributed by atoms with Gasteiger partial charge in [0, 0.05) is 6.92 Å². The summed E-state index contributed by atoms with van der Waals surface area (Å²) in [7, 11) is 0. The summed E-state index contributed by atoms with van der Waals surface area (Å²) in [6, 6.07) is 0. The zero-order valence-corrected chi connectivity index (χ0v) is 7.79. The molecule has 0 spiro atoms. The van der Waals surface area contributed by atoms with Crippen LogP contribution in [-0.2, 0) is 9.53 Å². The molecule has 0 aromatic rings. The SMILES string of the molecule is C=C=CC(CC)OC(=O)NC(C)=O. The number of carbonyl (C=O) groups excluding carboxylic acids is 2. The van der Waals surface area contributed by atoms with E-state index in [0.29, 0.717) is 6.42 Å². The maximum absolute atomic E-state index is 10.9. The summed E-state index contributed by atoms with van der Waals surface area (Å²) in [6.45, 7) is 6.45. The van der Waals surface area contributed by atoms with Gasteiger partial charge >= 0.3 is 6.09 Å². The minimum absolute atomic E-state index is 0.378. The molecule has 4 nitrogen and oxygen atoms in total. The van der Waals surface area contributed by atoms with E-state index in [-0.39, 0.29) is 6.10 Å². The van der Waals surface area contributed by atoms with Gasteiger partial charge in [0.2, 0.25) is 5.91 Å². The molecule has 1 atom stereocenters. The monoisotopic (exact) mass is 183 g/mol. The molecule has 0 radical (unpaired) electrons. The minimum atomic E-state index is -0.745. The van der Waals surface area contributed by atoms with Gasteiger partial charge in [-0.3, -0.25) is 10.1 Å². The highest BCUT2D eigenvalue weighted by atomic mass is 16.6. The summed E-state index contributed by atoms with van der Waals surface area (Å²) >= 11 is 0. The van der Waals surface area contributed by atoms with E-state index < -0.39 is 12.0 Å². The predicted octanol–water partition coefficient (Wildman–Crippen LogP) is 1.38. The lowest BCUT2D eigenvalue weighted by molar-refractivity contribution is -0.118. The second kappa shape index (κ2) is 6.03. The number of nitrogens with one attached hydrogen (secondary N) is 1. The van der Waals surface area contributed by atoms with E-state index >= 15 is 0 Å². The van der Waals surface area contributed by atoms with Gasteiger partial charge in [0.1, 0.15) is 6.10 Å². The molecule has 1 N–H and O–H groups in total. The summed E-state index contributed by atoms with van der Waals surface area (Å²) in [5.74, 6) is -0.442. The molecule has 0 aromatic heterocycles. The van der Waals surface area contributed by atoms with Crippen LogP contribution in [0.1, 0.15) is 20.3 Å². The van der Waals surface area contributed by atoms with Crippen molar-refractivity contribution in [2.24, 2.45) is 0 Å². The fraction of sp³-hybridized carbons (Fsp3) is 0.444. The molecular formula is C9H13NO3. The Balaban J connectivity index is 4.00. The first-order chi connectivity index (χ1) is 6.10. The zero-order chi connectivity index (χ0) is 10.3. The van der Waals surface area contributed by atoms with Crippen LogP contribution in [-0.4, -0.2) is 18.1 Å². The number of imide groups is 1. The van der Waals surface area contributed by atoms with Crippen LogP contribution in [0.3, 0.4) is 0 Å². The lowest BCUT2D eigenvalue weighted by Crippen LogP contribution is -2.31. The van der Waals surface area contributed by atoms with Crippen LogP contribution >= 0.6 is 0 Å². The van der Waals surface area contributed by atoms with Gasteiger partial charge < -0.3 is 4.74 Å². The van der Waals surface area contributed by atoms with E-state index in [9.17, 15) is 9.59 Å². The van der Waals surface area contributed by atoms with Crippen molar-refractivity contribution in [1.29, 1.82) is 0 Å². The molecule has 0 aliphatic rings.